The van der Waals surface area contributed by atoms with Gasteiger partial charge in [-0.3, -0.25) is 0 Å². The van der Waals surface area contributed by atoms with Crippen molar-refractivity contribution >= 4 is 11.3 Å². The normalized spacial score (nSPS) is 11.3. The van der Waals surface area contributed by atoms with Crippen molar-refractivity contribution in [2.45, 2.75) is 46.4 Å². The number of ether oxygens (including phenoxy) is 2. The summed E-state index contributed by atoms with van der Waals surface area (Å²) < 4.78 is 11.0. The van der Waals surface area contributed by atoms with Gasteiger partial charge >= 0.3 is 0 Å². The molecule has 0 aliphatic carbocycles. The minimum absolute atomic E-state index is 0.0487. The van der Waals surface area contributed by atoms with E-state index in [-0.39, 0.29) is 6.29 Å². The van der Waals surface area contributed by atoms with Gasteiger partial charge < -0.3 is 14.8 Å². The van der Waals surface area contributed by atoms with Gasteiger partial charge in [-0.1, -0.05) is 0 Å². The van der Waals surface area contributed by atoms with Crippen LogP contribution in [0.15, 0.2) is 6.20 Å². The highest BCUT2D eigenvalue weighted by Gasteiger charge is 2.06. The zero-order chi connectivity index (χ0) is 13.2. The van der Waals surface area contributed by atoms with Gasteiger partial charge in [0.1, 0.15) is 0 Å². The van der Waals surface area contributed by atoms with Crippen molar-refractivity contribution in [2.75, 3.05) is 19.8 Å². The number of thiazole rings is 1. The molecule has 1 heterocycles. The zero-order valence-electron chi connectivity index (χ0n) is 11.6. The fraction of sp³-hybridized carbons (Fsp3) is 0.769. The fourth-order valence-electron chi connectivity index (χ4n) is 1.68. The molecular formula is C13H24N2O2S. The maximum atomic E-state index is 5.49. The predicted molar refractivity (Wildman–Crippen MR) is 74.8 cm³/mol. The number of hydrogen-bond donors (Lipinski definition) is 1. The molecule has 0 fully saturated rings. The first-order chi connectivity index (χ1) is 8.76. The van der Waals surface area contributed by atoms with Crippen LogP contribution < -0.4 is 5.32 Å². The Bertz CT molecular complexity index is 312. The second-order valence-corrected chi connectivity index (χ2v) is 5.32. The average Bonchev–Trinajstić information content (AvgIpc) is 2.75. The third kappa shape index (κ3) is 6.44. The molecule has 0 saturated heterocycles. The van der Waals surface area contributed by atoms with Gasteiger partial charge in [-0.2, -0.15) is 0 Å². The van der Waals surface area contributed by atoms with Gasteiger partial charge in [0.2, 0.25) is 0 Å². The van der Waals surface area contributed by atoms with Gasteiger partial charge in [-0.05, 0) is 40.2 Å². The summed E-state index contributed by atoms with van der Waals surface area (Å²) in [5, 5.41) is 4.54. The largest absolute Gasteiger partial charge is 0.353 e. The zero-order valence-corrected chi connectivity index (χ0v) is 12.4. The van der Waals surface area contributed by atoms with Gasteiger partial charge in [-0.15, -0.1) is 11.3 Å². The Morgan fingerprint density at radius 2 is 2.06 bits per heavy atom. The lowest BCUT2D eigenvalue weighted by Gasteiger charge is -2.16. The van der Waals surface area contributed by atoms with E-state index in [2.05, 4.69) is 10.3 Å². The summed E-state index contributed by atoms with van der Waals surface area (Å²) in [5.41, 5.74) is 0. The van der Waals surface area contributed by atoms with Crippen molar-refractivity contribution in [3.8, 4) is 0 Å². The maximum absolute atomic E-state index is 5.49. The topological polar surface area (TPSA) is 43.4 Å². The number of hydrogen-bond acceptors (Lipinski definition) is 5. The molecule has 1 N–H and O–H groups in total. The van der Waals surface area contributed by atoms with Gasteiger partial charge in [0.05, 0.1) is 5.01 Å². The predicted octanol–water partition coefficient (Wildman–Crippen LogP) is 2.72. The molecule has 0 aliphatic rings. The molecule has 0 aromatic carbocycles. The summed E-state index contributed by atoms with van der Waals surface area (Å²) in [6.07, 6.45) is 3.89. The van der Waals surface area contributed by atoms with Crippen molar-refractivity contribution in [3.63, 3.8) is 0 Å². The van der Waals surface area contributed by atoms with Crippen LogP contribution in [0.4, 0.5) is 0 Å². The third-order valence-corrected chi connectivity index (χ3v) is 3.38. The SMILES string of the molecule is CCOC(CCCNCc1cnc(C)s1)OCC. The number of aromatic nitrogens is 1. The molecule has 18 heavy (non-hydrogen) atoms. The monoisotopic (exact) mass is 272 g/mol. The first-order valence-electron chi connectivity index (χ1n) is 6.61. The lowest BCUT2D eigenvalue weighted by Crippen LogP contribution is -2.20. The number of aryl methyl sites for hydroxylation is 1. The van der Waals surface area contributed by atoms with Crippen LogP contribution in [-0.4, -0.2) is 31.0 Å². The van der Waals surface area contributed by atoms with Crippen molar-refractivity contribution in [1.29, 1.82) is 0 Å². The van der Waals surface area contributed by atoms with Crippen molar-refractivity contribution in [1.82, 2.24) is 10.3 Å². The Morgan fingerprint density at radius 3 is 2.61 bits per heavy atom. The summed E-state index contributed by atoms with van der Waals surface area (Å²) in [6, 6.07) is 0. The van der Waals surface area contributed by atoms with Crippen LogP contribution in [0.2, 0.25) is 0 Å². The van der Waals surface area contributed by atoms with E-state index in [9.17, 15) is 0 Å². The summed E-state index contributed by atoms with van der Waals surface area (Å²) in [6.45, 7) is 9.32. The Kier molecular flexibility index (Phi) is 8.17. The lowest BCUT2D eigenvalue weighted by molar-refractivity contribution is -0.139. The van der Waals surface area contributed by atoms with Crippen LogP contribution in [0.5, 0.6) is 0 Å². The van der Waals surface area contributed by atoms with Crippen molar-refractivity contribution < 1.29 is 9.47 Å². The Morgan fingerprint density at radius 1 is 1.33 bits per heavy atom. The van der Waals surface area contributed by atoms with Gasteiger partial charge in [-0.25, -0.2) is 4.98 Å². The Hall–Kier alpha value is -0.490. The maximum Gasteiger partial charge on any atom is 0.157 e. The van der Waals surface area contributed by atoms with E-state index in [4.69, 9.17) is 9.47 Å². The van der Waals surface area contributed by atoms with Crippen LogP contribution in [0.1, 0.15) is 36.6 Å². The van der Waals surface area contributed by atoms with Crippen LogP contribution in [0.3, 0.4) is 0 Å². The quantitative estimate of drug-likeness (QED) is 0.525. The van der Waals surface area contributed by atoms with E-state index < -0.39 is 0 Å². The van der Waals surface area contributed by atoms with Crippen LogP contribution >= 0.6 is 11.3 Å². The van der Waals surface area contributed by atoms with Gasteiger partial charge in [0.25, 0.3) is 0 Å². The molecule has 0 saturated carbocycles. The van der Waals surface area contributed by atoms with E-state index in [1.165, 1.54) is 4.88 Å². The average molecular weight is 272 g/mol. The standard InChI is InChI=1S/C13H24N2O2S/c1-4-16-13(17-5-2)7-6-8-14-9-12-10-15-11(3)18-12/h10,13-14H,4-9H2,1-3H3. The molecule has 5 heteroatoms. The van der Waals surface area contributed by atoms with E-state index in [0.29, 0.717) is 13.2 Å². The Balaban J connectivity index is 2.06. The molecule has 1 aromatic heterocycles. The molecule has 0 spiro atoms. The second-order valence-electron chi connectivity index (χ2n) is 4.00. The van der Waals surface area contributed by atoms with Crippen LogP contribution in [-0.2, 0) is 16.0 Å². The third-order valence-electron chi connectivity index (χ3n) is 2.47. The fourth-order valence-corrected chi connectivity index (χ4v) is 2.44. The highest BCUT2D eigenvalue weighted by Crippen LogP contribution is 2.10. The van der Waals surface area contributed by atoms with E-state index in [1.807, 2.05) is 27.0 Å². The molecule has 4 nitrogen and oxygen atoms in total. The molecule has 0 atom stereocenters. The number of rotatable bonds is 10. The van der Waals surface area contributed by atoms with Gasteiger partial charge in [0.15, 0.2) is 6.29 Å². The first-order valence-corrected chi connectivity index (χ1v) is 7.43. The molecule has 104 valence electrons. The summed E-state index contributed by atoms with van der Waals surface area (Å²) >= 11 is 1.75. The Labute approximate surface area is 114 Å². The minimum Gasteiger partial charge on any atom is -0.353 e. The van der Waals surface area contributed by atoms with Crippen LogP contribution in [0, 0.1) is 6.92 Å². The van der Waals surface area contributed by atoms with E-state index in [1.54, 1.807) is 11.3 Å². The number of nitrogens with zero attached hydrogens (tertiary/aromatic N) is 1. The highest BCUT2D eigenvalue weighted by molar-refractivity contribution is 7.11. The highest BCUT2D eigenvalue weighted by atomic mass is 32.1. The molecule has 1 aromatic rings. The van der Waals surface area contributed by atoms with E-state index >= 15 is 0 Å². The minimum atomic E-state index is -0.0487. The smallest absolute Gasteiger partial charge is 0.157 e. The van der Waals surface area contributed by atoms with Crippen LogP contribution in [0.25, 0.3) is 0 Å². The summed E-state index contributed by atoms with van der Waals surface area (Å²) in [4.78, 5) is 5.52. The van der Waals surface area contributed by atoms with Crippen molar-refractivity contribution in [3.05, 3.63) is 16.1 Å². The van der Waals surface area contributed by atoms with Gasteiger partial charge in [0, 0.05) is 30.8 Å². The molecule has 0 aliphatic heterocycles. The molecule has 0 unspecified atom stereocenters. The summed E-state index contributed by atoms with van der Waals surface area (Å²) in [7, 11) is 0. The second kappa shape index (κ2) is 9.44. The first kappa shape index (κ1) is 15.6. The lowest BCUT2D eigenvalue weighted by atomic mass is 10.3. The summed E-state index contributed by atoms with van der Waals surface area (Å²) in [5.74, 6) is 0. The van der Waals surface area contributed by atoms with E-state index in [0.717, 1.165) is 30.9 Å². The molecule has 1 rings (SSSR count). The molecular weight excluding hydrogens is 248 g/mol. The number of nitrogens with one attached hydrogen (secondary N) is 1. The molecule has 0 radical (unpaired) electrons. The van der Waals surface area contributed by atoms with Crippen molar-refractivity contribution in [2.24, 2.45) is 0 Å². The molecule has 0 bridgehead atoms. The molecule has 0 amide bonds.